The SMILES string of the molecule is O=C(OCc1ccccc1)C1CCCN1Cl. The average Bonchev–Trinajstić information content (AvgIpc) is 2.74. The van der Waals surface area contributed by atoms with Crippen LogP contribution in [-0.2, 0) is 16.1 Å². The molecule has 86 valence electrons. The molecular weight excluding hydrogens is 226 g/mol. The molecule has 0 aromatic heterocycles. The molecule has 1 aromatic carbocycles. The van der Waals surface area contributed by atoms with Gasteiger partial charge in [-0.1, -0.05) is 30.3 Å². The monoisotopic (exact) mass is 239 g/mol. The normalized spacial score (nSPS) is 20.9. The van der Waals surface area contributed by atoms with Crippen LogP contribution in [0.2, 0.25) is 0 Å². The third kappa shape index (κ3) is 2.74. The van der Waals surface area contributed by atoms with Gasteiger partial charge in [-0.05, 0) is 30.2 Å². The van der Waals surface area contributed by atoms with E-state index in [4.69, 9.17) is 16.5 Å². The highest BCUT2D eigenvalue weighted by molar-refractivity contribution is 6.15. The summed E-state index contributed by atoms with van der Waals surface area (Å²) in [5.74, 6) is -0.226. The predicted molar refractivity (Wildman–Crippen MR) is 61.8 cm³/mol. The highest BCUT2D eigenvalue weighted by Crippen LogP contribution is 2.20. The molecule has 0 amide bonds. The van der Waals surface area contributed by atoms with Crippen molar-refractivity contribution < 1.29 is 9.53 Å². The molecule has 1 fully saturated rings. The molecule has 16 heavy (non-hydrogen) atoms. The van der Waals surface area contributed by atoms with Crippen LogP contribution in [0.1, 0.15) is 18.4 Å². The number of carbonyl (C=O) groups is 1. The number of rotatable bonds is 3. The van der Waals surface area contributed by atoms with Crippen molar-refractivity contribution >= 4 is 17.7 Å². The van der Waals surface area contributed by atoms with E-state index in [1.165, 1.54) is 4.42 Å². The summed E-state index contributed by atoms with van der Waals surface area (Å²) in [7, 11) is 0. The Morgan fingerprint density at radius 3 is 2.81 bits per heavy atom. The van der Waals surface area contributed by atoms with Crippen molar-refractivity contribution in [3.05, 3.63) is 35.9 Å². The largest absolute Gasteiger partial charge is 0.460 e. The summed E-state index contributed by atoms with van der Waals surface area (Å²) in [6.45, 7) is 1.08. The highest BCUT2D eigenvalue weighted by atomic mass is 35.5. The second-order valence-corrected chi connectivity index (χ2v) is 4.31. The van der Waals surface area contributed by atoms with Gasteiger partial charge < -0.3 is 4.74 Å². The third-order valence-corrected chi connectivity index (χ3v) is 3.09. The number of hydrogen-bond donors (Lipinski definition) is 0. The number of halogens is 1. The van der Waals surface area contributed by atoms with Crippen molar-refractivity contribution in [1.82, 2.24) is 4.42 Å². The molecule has 4 heteroatoms. The molecule has 1 unspecified atom stereocenters. The van der Waals surface area contributed by atoms with Crippen molar-refractivity contribution in [1.29, 1.82) is 0 Å². The first-order valence-corrected chi connectivity index (χ1v) is 5.74. The topological polar surface area (TPSA) is 29.5 Å². The molecule has 1 atom stereocenters. The molecule has 0 radical (unpaired) electrons. The fourth-order valence-corrected chi connectivity index (χ4v) is 2.09. The average molecular weight is 240 g/mol. The molecule has 0 saturated carbocycles. The molecule has 1 heterocycles. The van der Waals surface area contributed by atoms with E-state index in [-0.39, 0.29) is 12.0 Å². The second kappa shape index (κ2) is 5.32. The zero-order chi connectivity index (χ0) is 11.4. The van der Waals surface area contributed by atoms with Gasteiger partial charge in [0.1, 0.15) is 12.6 Å². The summed E-state index contributed by atoms with van der Waals surface area (Å²) in [6.07, 6.45) is 1.74. The second-order valence-electron chi connectivity index (χ2n) is 3.87. The number of benzene rings is 1. The van der Waals surface area contributed by atoms with Crippen molar-refractivity contribution in [2.45, 2.75) is 25.5 Å². The number of hydrogen-bond acceptors (Lipinski definition) is 3. The Labute approximate surface area is 100 Å². The smallest absolute Gasteiger partial charge is 0.325 e. The minimum Gasteiger partial charge on any atom is -0.460 e. The number of esters is 1. The summed E-state index contributed by atoms with van der Waals surface area (Å²) in [4.78, 5) is 11.7. The molecule has 0 bridgehead atoms. The lowest BCUT2D eigenvalue weighted by Gasteiger charge is -2.15. The summed E-state index contributed by atoms with van der Waals surface area (Å²) in [5.41, 5.74) is 0.995. The van der Waals surface area contributed by atoms with Gasteiger partial charge in [0, 0.05) is 6.54 Å². The molecule has 0 N–H and O–H groups in total. The Balaban J connectivity index is 1.84. The molecule has 1 aliphatic heterocycles. The van der Waals surface area contributed by atoms with Gasteiger partial charge in [-0.25, -0.2) is 4.42 Å². The van der Waals surface area contributed by atoms with Crippen LogP contribution in [0.4, 0.5) is 0 Å². The quantitative estimate of drug-likeness (QED) is 0.599. The fraction of sp³-hybridized carbons (Fsp3) is 0.417. The van der Waals surface area contributed by atoms with Gasteiger partial charge in [-0.3, -0.25) is 4.79 Å². The lowest BCUT2D eigenvalue weighted by Crippen LogP contribution is -2.30. The number of carbonyl (C=O) groups excluding carboxylic acids is 1. The van der Waals surface area contributed by atoms with Gasteiger partial charge in [-0.15, -0.1) is 0 Å². The van der Waals surface area contributed by atoms with Crippen LogP contribution < -0.4 is 0 Å². The van der Waals surface area contributed by atoms with Gasteiger partial charge in [-0.2, -0.15) is 0 Å². The molecule has 1 aliphatic rings. The van der Waals surface area contributed by atoms with Crippen LogP contribution in [0.25, 0.3) is 0 Å². The summed E-state index contributed by atoms with van der Waals surface area (Å²) < 4.78 is 6.75. The van der Waals surface area contributed by atoms with E-state index in [0.29, 0.717) is 6.61 Å². The van der Waals surface area contributed by atoms with Crippen LogP contribution in [0, 0.1) is 0 Å². The Morgan fingerprint density at radius 2 is 2.19 bits per heavy atom. The Bertz CT molecular complexity index is 355. The summed E-state index contributed by atoms with van der Waals surface area (Å²) in [5, 5.41) is 0. The van der Waals surface area contributed by atoms with Crippen LogP contribution >= 0.6 is 11.8 Å². The Kier molecular flexibility index (Phi) is 3.80. The molecular formula is C12H14ClNO2. The highest BCUT2D eigenvalue weighted by Gasteiger charge is 2.30. The maximum atomic E-state index is 11.7. The first-order valence-electron chi connectivity index (χ1n) is 5.40. The predicted octanol–water partition coefficient (Wildman–Crippen LogP) is 2.35. The Hall–Kier alpha value is -1.06. The fourth-order valence-electron chi connectivity index (χ4n) is 1.79. The number of ether oxygens (including phenoxy) is 1. The van der Waals surface area contributed by atoms with Gasteiger partial charge >= 0.3 is 5.97 Å². The summed E-state index contributed by atoms with van der Waals surface area (Å²) >= 11 is 5.89. The first kappa shape index (κ1) is 11.4. The van der Waals surface area contributed by atoms with Crippen molar-refractivity contribution in [2.75, 3.05) is 6.54 Å². The molecule has 2 rings (SSSR count). The van der Waals surface area contributed by atoms with E-state index >= 15 is 0 Å². The first-order chi connectivity index (χ1) is 7.77. The lowest BCUT2D eigenvalue weighted by molar-refractivity contribution is -0.148. The maximum Gasteiger partial charge on any atom is 0.325 e. The van der Waals surface area contributed by atoms with Crippen LogP contribution in [-0.4, -0.2) is 23.0 Å². The van der Waals surface area contributed by atoms with Gasteiger partial charge in [0.05, 0.1) is 0 Å². The van der Waals surface area contributed by atoms with E-state index in [1.807, 2.05) is 30.3 Å². The number of nitrogens with zero attached hydrogens (tertiary/aromatic N) is 1. The van der Waals surface area contributed by atoms with Gasteiger partial charge in [0.15, 0.2) is 0 Å². The zero-order valence-electron chi connectivity index (χ0n) is 8.93. The van der Waals surface area contributed by atoms with Crippen LogP contribution in [0.15, 0.2) is 30.3 Å². The lowest BCUT2D eigenvalue weighted by atomic mass is 10.2. The molecule has 3 nitrogen and oxygen atoms in total. The maximum absolute atomic E-state index is 11.7. The zero-order valence-corrected chi connectivity index (χ0v) is 9.69. The molecule has 1 aromatic rings. The molecule has 0 aliphatic carbocycles. The minimum atomic E-state index is -0.273. The van der Waals surface area contributed by atoms with E-state index in [0.717, 1.165) is 24.9 Å². The minimum absolute atomic E-state index is 0.226. The van der Waals surface area contributed by atoms with E-state index < -0.39 is 0 Å². The third-order valence-electron chi connectivity index (χ3n) is 2.68. The van der Waals surface area contributed by atoms with Crippen molar-refractivity contribution in [3.63, 3.8) is 0 Å². The molecule has 0 spiro atoms. The van der Waals surface area contributed by atoms with Gasteiger partial charge in [0.25, 0.3) is 0 Å². The van der Waals surface area contributed by atoms with Crippen molar-refractivity contribution in [2.24, 2.45) is 0 Å². The van der Waals surface area contributed by atoms with Crippen LogP contribution in [0.3, 0.4) is 0 Å². The van der Waals surface area contributed by atoms with Gasteiger partial charge in [0.2, 0.25) is 0 Å². The van der Waals surface area contributed by atoms with Crippen molar-refractivity contribution in [3.8, 4) is 0 Å². The van der Waals surface area contributed by atoms with E-state index in [1.54, 1.807) is 0 Å². The molecule has 1 saturated heterocycles. The standard InChI is InChI=1S/C12H14ClNO2/c13-14-8-4-7-11(14)12(15)16-9-10-5-2-1-3-6-10/h1-3,5-6,11H,4,7-9H2. The van der Waals surface area contributed by atoms with Crippen LogP contribution in [0.5, 0.6) is 0 Å². The van der Waals surface area contributed by atoms with E-state index in [2.05, 4.69) is 0 Å². The summed E-state index contributed by atoms with van der Waals surface area (Å²) in [6, 6.07) is 9.37. The Morgan fingerprint density at radius 1 is 1.44 bits per heavy atom. The van der Waals surface area contributed by atoms with E-state index in [9.17, 15) is 4.79 Å².